The summed E-state index contributed by atoms with van der Waals surface area (Å²) in [4.78, 5) is 41.8. The number of benzene rings is 3. The fraction of sp³-hybridized carbons (Fsp3) is 0.300. The third-order valence-corrected chi connectivity index (χ3v) is 8.37. The highest BCUT2D eigenvalue weighted by atomic mass is 32.2. The Kier molecular flexibility index (Phi) is 8.50. The Morgan fingerprint density at radius 1 is 0.923 bits per heavy atom. The molecule has 39 heavy (non-hydrogen) atoms. The van der Waals surface area contributed by atoms with Crippen LogP contribution in [0.15, 0.2) is 83.8 Å². The first kappa shape index (κ1) is 28.0. The zero-order valence-corrected chi connectivity index (χ0v) is 23.1. The standard InChI is InChI=1S/C30H33N3O5S/c1-21(2)18-31-29(35)26(17-23-11-5-4-6-12-23)32(19-24-13-9-10-22(3)16-24)28(34)20-33-30(36)25-14-7-8-15-27(25)39(33,37)38/h4-16,21,26H,17-20H2,1-3H3,(H,31,35)/t26-/m0/s1. The van der Waals surface area contributed by atoms with Crippen LogP contribution in [0.1, 0.15) is 40.9 Å². The van der Waals surface area contributed by atoms with Crippen molar-refractivity contribution in [3.05, 3.63) is 101 Å². The first-order valence-electron chi connectivity index (χ1n) is 12.9. The number of hydrogen-bond acceptors (Lipinski definition) is 5. The summed E-state index contributed by atoms with van der Waals surface area (Å²) in [6, 6.07) is 21.9. The van der Waals surface area contributed by atoms with Gasteiger partial charge in [-0.25, -0.2) is 12.7 Å². The van der Waals surface area contributed by atoms with Crippen molar-refractivity contribution in [1.82, 2.24) is 14.5 Å². The number of carbonyl (C=O) groups excluding carboxylic acids is 3. The van der Waals surface area contributed by atoms with Crippen molar-refractivity contribution in [2.24, 2.45) is 5.92 Å². The smallest absolute Gasteiger partial charge is 0.269 e. The van der Waals surface area contributed by atoms with Gasteiger partial charge < -0.3 is 10.2 Å². The molecule has 204 valence electrons. The summed E-state index contributed by atoms with van der Waals surface area (Å²) in [6.45, 7) is 5.67. The molecule has 0 aromatic heterocycles. The first-order chi connectivity index (χ1) is 18.6. The summed E-state index contributed by atoms with van der Waals surface area (Å²) in [5.74, 6) is -1.54. The van der Waals surface area contributed by atoms with Gasteiger partial charge in [0.1, 0.15) is 17.5 Å². The molecule has 8 nitrogen and oxygen atoms in total. The van der Waals surface area contributed by atoms with Crippen LogP contribution in [-0.2, 0) is 32.6 Å². The Bertz CT molecular complexity index is 1470. The Labute approximate surface area is 229 Å². The van der Waals surface area contributed by atoms with Crippen molar-refractivity contribution in [2.75, 3.05) is 13.1 Å². The molecule has 0 aliphatic carbocycles. The van der Waals surface area contributed by atoms with Crippen LogP contribution in [0.25, 0.3) is 0 Å². The summed E-state index contributed by atoms with van der Waals surface area (Å²) in [5.41, 5.74) is 2.65. The SMILES string of the molecule is Cc1cccc(CN(C(=O)CN2C(=O)c3ccccc3S2(=O)=O)[C@@H](Cc2ccccc2)C(=O)NCC(C)C)c1. The molecule has 0 radical (unpaired) electrons. The second kappa shape index (κ2) is 11.8. The van der Waals surface area contributed by atoms with Gasteiger partial charge in [-0.3, -0.25) is 14.4 Å². The second-order valence-electron chi connectivity index (χ2n) is 10.2. The van der Waals surface area contributed by atoms with E-state index in [9.17, 15) is 22.8 Å². The van der Waals surface area contributed by atoms with Gasteiger partial charge in [0.15, 0.2) is 0 Å². The lowest BCUT2D eigenvalue weighted by Gasteiger charge is -2.32. The van der Waals surface area contributed by atoms with Gasteiger partial charge in [0.05, 0.1) is 5.56 Å². The van der Waals surface area contributed by atoms with E-state index >= 15 is 0 Å². The van der Waals surface area contributed by atoms with E-state index in [-0.39, 0.29) is 35.2 Å². The van der Waals surface area contributed by atoms with Gasteiger partial charge in [-0.15, -0.1) is 0 Å². The van der Waals surface area contributed by atoms with Gasteiger partial charge >= 0.3 is 0 Å². The fourth-order valence-corrected chi connectivity index (χ4v) is 6.10. The van der Waals surface area contributed by atoms with Gasteiger partial charge in [0, 0.05) is 19.5 Å². The molecule has 0 unspecified atom stereocenters. The van der Waals surface area contributed by atoms with Gasteiger partial charge in [0.2, 0.25) is 11.8 Å². The lowest BCUT2D eigenvalue weighted by Crippen LogP contribution is -2.53. The van der Waals surface area contributed by atoms with Crippen molar-refractivity contribution in [3.8, 4) is 0 Å². The third kappa shape index (κ3) is 6.37. The van der Waals surface area contributed by atoms with Crippen LogP contribution in [0.4, 0.5) is 0 Å². The summed E-state index contributed by atoms with van der Waals surface area (Å²) in [5, 5.41) is 2.94. The van der Waals surface area contributed by atoms with Crippen molar-refractivity contribution in [2.45, 2.75) is 44.7 Å². The lowest BCUT2D eigenvalue weighted by atomic mass is 10.0. The van der Waals surface area contributed by atoms with E-state index in [1.165, 1.54) is 23.1 Å². The van der Waals surface area contributed by atoms with E-state index in [0.29, 0.717) is 10.8 Å². The Balaban J connectivity index is 1.71. The number of hydrogen-bond donors (Lipinski definition) is 1. The van der Waals surface area contributed by atoms with Gasteiger partial charge in [-0.1, -0.05) is 86.1 Å². The molecule has 0 spiro atoms. The Morgan fingerprint density at radius 2 is 1.59 bits per heavy atom. The number of aryl methyl sites for hydroxylation is 1. The number of nitrogens with one attached hydrogen (secondary N) is 1. The van der Waals surface area contributed by atoms with E-state index in [4.69, 9.17) is 0 Å². The van der Waals surface area contributed by atoms with Crippen molar-refractivity contribution < 1.29 is 22.8 Å². The zero-order valence-electron chi connectivity index (χ0n) is 22.3. The first-order valence-corrected chi connectivity index (χ1v) is 14.3. The topological polar surface area (TPSA) is 104 Å². The number of nitrogens with zero attached hydrogens (tertiary/aromatic N) is 2. The number of rotatable bonds is 10. The molecule has 0 fully saturated rings. The number of carbonyl (C=O) groups is 3. The minimum absolute atomic E-state index is 0.0334. The molecule has 1 aliphatic rings. The maximum absolute atomic E-state index is 13.9. The molecule has 4 rings (SSSR count). The van der Waals surface area contributed by atoms with Gasteiger partial charge in [0.25, 0.3) is 15.9 Å². The number of sulfonamides is 1. The largest absolute Gasteiger partial charge is 0.354 e. The maximum Gasteiger partial charge on any atom is 0.269 e. The van der Waals surface area contributed by atoms with E-state index in [0.717, 1.165) is 16.7 Å². The predicted molar refractivity (Wildman–Crippen MR) is 148 cm³/mol. The molecular formula is C30H33N3O5S. The van der Waals surface area contributed by atoms with Crippen LogP contribution in [0.3, 0.4) is 0 Å². The highest BCUT2D eigenvalue weighted by Gasteiger charge is 2.43. The van der Waals surface area contributed by atoms with Crippen molar-refractivity contribution in [1.29, 1.82) is 0 Å². The van der Waals surface area contributed by atoms with Crippen LogP contribution >= 0.6 is 0 Å². The molecule has 1 N–H and O–H groups in total. The predicted octanol–water partition coefficient (Wildman–Crippen LogP) is 3.55. The Morgan fingerprint density at radius 3 is 2.26 bits per heavy atom. The van der Waals surface area contributed by atoms with Crippen LogP contribution in [0.2, 0.25) is 0 Å². The normalized spacial score (nSPS) is 14.7. The van der Waals surface area contributed by atoms with Crippen molar-refractivity contribution >= 4 is 27.7 Å². The molecule has 9 heteroatoms. The molecule has 0 saturated carbocycles. The van der Waals surface area contributed by atoms with Crippen LogP contribution < -0.4 is 5.32 Å². The zero-order chi connectivity index (χ0) is 28.2. The Hall–Kier alpha value is -3.98. The molecule has 1 aliphatic heterocycles. The molecule has 1 atom stereocenters. The van der Waals surface area contributed by atoms with E-state index < -0.39 is 34.4 Å². The lowest BCUT2D eigenvalue weighted by molar-refractivity contribution is -0.141. The average Bonchev–Trinajstić information content (AvgIpc) is 3.10. The highest BCUT2D eigenvalue weighted by molar-refractivity contribution is 7.90. The molecular weight excluding hydrogens is 514 g/mol. The minimum atomic E-state index is -4.19. The van der Waals surface area contributed by atoms with E-state index in [1.54, 1.807) is 6.07 Å². The molecule has 3 aromatic carbocycles. The quantitative estimate of drug-likeness (QED) is 0.418. The average molecular weight is 548 g/mol. The van der Waals surface area contributed by atoms with Crippen LogP contribution in [0.5, 0.6) is 0 Å². The minimum Gasteiger partial charge on any atom is -0.354 e. The summed E-state index contributed by atoms with van der Waals surface area (Å²) >= 11 is 0. The maximum atomic E-state index is 13.9. The van der Waals surface area contributed by atoms with Crippen molar-refractivity contribution in [3.63, 3.8) is 0 Å². The second-order valence-corrected chi connectivity index (χ2v) is 12.0. The van der Waals surface area contributed by atoms with Crippen LogP contribution in [0, 0.1) is 12.8 Å². The fourth-order valence-electron chi connectivity index (χ4n) is 4.58. The monoisotopic (exact) mass is 547 g/mol. The van der Waals surface area contributed by atoms with Gasteiger partial charge in [-0.2, -0.15) is 0 Å². The van der Waals surface area contributed by atoms with E-state index in [1.807, 2.05) is 75.4 Å². The van der Waals surface area contributed by atoms with Gasteiger partial charge in [-0.05, 0) is 36.1 Å². The molecule has 1 heterocycles. The molecule has 3 amide bonds. The van der Waals surface area contributed by atoms with Crippen LogP contribution in [-0.4, -0.2) is 54.5 Å². The molecule has 0 bridgehead atoms. The number of amides is 3. The summed E-state index contributed by atoms with van der Waals surface area (Å²) < 4.78 is 27.0. The summed E-state index contributed by atoms with van der Waals surface area (Å²) in [7, 11) is -4.19. The summed E-state index contributed by atoms with van der Waals surface area (Å²) in [6.07, 6.45) is 0.225. The third-order valence-electron chi connectivity index (χ3n) is 6.58. The number of fused-ring (bicyclic) bond motifs is 1. The molecule has 0 saturated heterocycles. The van der Waals surface area contributed by atoms with E-state index in [2.05, 4.69) is 5.32 Å². The highest BCUT2D eigenvalue weighted by Crippen LogP contribution is 2.30. The molecule has 3 aromatic rings.